The van der Waals surface area contributed by atoms with Crippen LogP contribution in [0, 0.1) is 0 Å². The molecule has 2 aromatic carbocycles. The Labute approximate surface area is 180 Å². The first kappa shape index (κ1) is 25.6. The fourth-order valence-corrected chi connectivity index (χ4v) is 3.90. The lowest BCUT2D eigenvalue weighted by atomic mass is 10.1. The number of methoxy groups -OCH3 is 1. The molecule has 0 heterocycles. The van der Waals surface area contributed by atoms with Crippen LogP contribution >= 0.6 is 0 Å². The maximum absolute atomic E-state index is 12.9. The molecule has 2 rings (SSSR count). The van der Waals surface area contributed by atoms with E-state index in [2.05, 4.69) is 14.2 Å². The number of hydrogen-bond donors (Lipinski definition) is 1. The Morgan fingerprint density at radius 1 is 0.906 bits per heavy atom. The van der Waals surface area contributed by atoms with E-state index in [1.165, 1.54) is 20.1 Å². The molecule has 6 nitrogen and oxygen atoms in total. The molecule has 1 unspecified atom stereocenters. The first-order valence-corrected chi connectivity index (χ1v) is 10.4. The van der Waals surface area contributed by atoms with Gasteiger partial charge in [0.15, 0.2) is 13.2 Å². The van der Waals surface area contributed by atoms with Crippen LogP contribution in [-0.2, 0) is 10.0 Å². The molecule has 0 spiro atoms. The third-order valence-corrected chi connectivity index (χ3v) is 5.49. The first-order valence-electron chi connectivity index (χ1n) is 8.89. The molecule has 0 aliphatic rings. The summed E-state index contributed by atoms with van der Waals surface area (Å²) >= 11 is 0. The van der Waals surface area contributed by atoms with Crippen LogP contribution in [0.15, 0.2) is 47.4 Å². The third kappa shape index (κ3) is 7.79. The van der Waals surface area contributed by atoms with E-state index < -0.39 is 58.0 Å². The van der Waals surface area contributed by atoms with Crippen molar-refractivity contribution in [3.8, 4) is 17.2 Å². The number of nitrogens with one attached hydrogen (secondary N) is 1. The summed E-state index contributed by atoms with van der Waals surface area (Å²) < 4.78 is 117. The normalized spacial score (nSPS) is 13.5. The second kappa shape index (κ2) is 9.86. The summed E-state index contributed by atoms with van der Waals surface area (Å²) in [6.07, 6.45) is -9.47. The van der Waals surface area contributed by atoms with Gasteiger partial charge in [-0.05, 0) is 36.8 Å². The number of rotatable bonds is 9. The van der Waals surface area contributed by atoms with Crippen LogP contribution < -0.4 is 18.9 Å². The number of ether oxygens (including phenoxy) is 3. The van der Waals surface area contributed by atoms with Crippen molar-refractivity contribution < 1.29 is 49.0 Å². The molecule has 178 valence electrons. The molecule has 0 fully saturated rings. The highest BCUT2D eigenvalue weighted by Crippen LogP contribution is 2.32. The zero-order valence-corrected chi connectivity index (χ0v) is 17.6. The van der Waals surface area contributed by atoms with E-state index >= 15 is 0 Å². The lowest BCUT2D eigenvalue weighted by Gasteiger charge is -2.19. The zero-order valence-electron chi connectivity index (χ0n) is 16.8. The second-order valence-corrected chi connectivity index (χ2v) is 8.22. The van der Waals surface area contributed by atoms with Gasteiger partial charge in [-0.25, -0.2) is 13.1 Å². The molecular formula is C19H19F6NO5S. The van der Waals surface area contributed by atoms with Crippen molar-refractivity contribution in [3.05, 3.63) is 48.0 Å². The van der Waals surface area contributed by atoms with Gasteiger partial charge in [-0.2, -0.15) is 26.3 Å². The van der Waals surface area contributed by atoms with Crippen LogP contribution in [-0.4, -0.2) is 41.1 Å². The summed E-state index contributed by atoms with van der Waals surface area (Å²) in [6, 6.07) is 7.81. The Bertz CT molecular complexity index is 1020. The van der Waals surface area contributed by atoms with Gasteiger partial charge in [-0.3, -0.25) is 0 Å². The van der Waals surface area contributed by atoms with E-state index in [0.717, 1.165) is 12.1 Å². The molecule has 1 N–H and O–H groups in total. The first-order chi connectivity index (χ1) is 14.7. The van der Waals surface area contributed by atoms with Gasteiger partial charge in [0.25, 0.3) is 0 Å². The fraction of sp³-hybridized carbons (Fsp3) is 0.368. The minimum Gasteiger partial charge on any atom is -0.497 e. The Morgan fingerprint density at radius 3 is 2.12 bits per heavy atom. The Balaban J connectivity index is 2.37. The van der Waals surface area contributed by atoms with Gasteiger partial charge in [0.2, 0.25) is 10.0 Å². The maximum atomic E-state index is 12.9. The molecule has 0 radical (unpaired) electrons. The Kier molecular flexibility index (Phi) is 7.88. The SMILES string of the molecule is COc1cccc(C(C)NS(=O)(=O)c2cc(OCC(F)(F)F)ccc2OCC(F)(F)F)c1. The molecule has 0 saturated carbocycles. The van der Waals surface area contributed by atoms with E-state index in [-0.39, 0.29) is 0 Å². The standard InChI is InChI=1S/C19H19F6NO5S/c1-12(13-4-3-5-14(8-13)29-2)26-32(27,28)17-9-15(30-10-18(20,21)22)6-7-16(17)31-11-19(23,24)25/h3-9,12,26H,10-11H2,1-2H3. The molecular weight excluding hydrogens is 468 g/mol. The predicted molar refractivity (Wildman–Crippen MR) is 101 cm³/mol. The van der Waals surface area contributed by atoms with Crippen LogP contribution in [0.3, 0.4) is 0 Å². The van der Waals surface area contributed by atoms with E-state index in [1.54, 1.807) is 18.2 Å². The topological polar surface area (TPSA) is 73.9 Å². The van der Waals surface area contributed by atoms with Crippen LogP contribution in [0.2, 0.25) is 0 Å². The summed E-state index contributed by atoms with van der Waals surface area (Å²) in [7, 11) is -3.14. The lowest BCUT2D eigenvalue weighted by Crippen LogP contribution is -2.28. The molecule has 1 atom stereocenters. The average molecular weight is 487 g/mol. The monoisotopic (exact) mass is 487 g/mol. The predicted octanol–water partition coefficient (Wildman–Crippen LogP) is 4.62. The van der Waals surface area contributed by atoms with Crippen LogP contribution in [0.25, 0.3) is 0 Å². The largest absolute Gasteiger partial charge is 0.497 e. The van der Waals surface area contributed by atoms with Gasteiger partial charge in [0.1, 0.15) is 22.1 Å². The molecule has 0 amide bonds. The van der Waals surface area contributed by atoms with Crippen molar-refractivity contribution >= 4 is 10.0 Å². The van der Waals surface area contributed by atoms with Gasteiger partial charge in [0, 0.05) is 12.1 Å². The molecule has 0 aromatic heterocycles. The van der Waals surface area contributed by atoms with Crippen LogP contribution in [0.4, 0.5) is 26.3 Å². The molecule has 2 aromatic rings. The van der Waals surface area contributed by atoms with Crippen molar-refractivity contribution in [2.75, 3.05) is 20.3 Å². The van der Waals surface area contributed by atoms with E-state index in [9.17, 15) is 34.8 Å². The van der Waals surface area contributed by atoms with Crippen molar-refractivity contribution in [1.29, 1.82) is 0 Å². The van der Waals surface area contributed by atoms with Gasteiger partial charge < -0.3 is 14.2 Å². The summed E-state index contributed by atoms with van der Waals surface area (Å²) in [5, 5.41) is 0. The number of sulfonamides is 1. The number of halogens is 6. The minimum absolute atomic E-state index is 0.435. The average Bonchev–Trinajstić information content (AvgIpc) is 2.69. The smallest absolute Gasteiger partial charge is 0.422 e. The summed E-state index contributed by atoms with van der Waals surface area (Å²) in [4.78, 5) is -0.809. The van der Waals surface area contributed by atoms with Gasteiger partial charge in [-0.1, -0.05) is 12.1 Å². The zero-order chi connectivity index (χ0) is 24.2. The molecule has 0 aliphatic carbocycles. The number of hydrogen-bond acceptors (Lipinski definition) is 5. The van der Waals surface area contributed by atoms with Crippen molar-refractivity contribution in [3.63, 3.8) is 0 Å². The van der Waals surface area contributed by atoms with Crippen molar-refractivity contribution in [2.45, 2.75) is 30.2 Å². The minimum atomic E-state index is -4.77. The molecule has 13 heteroatoms. The van der Waals surface area contributed by atoms with Gasteiger partial charge in [-0.15, -0.1) is 0 Å². The van der Waals surface area contributed by atoms with Crippen LogP contribution in [0.1, 0.15) is 18.5 Å². The second-order valence-electron chi connectivity index (χ2n) is 6.54. The Morgan fingerprint density at radius 2 is 1.53 bits per heavy atom. The lowest BCUT2D eigenvalue weighted by molar-refractivity contribution is -0.154. The summed E-state index contributed by atoms with van der Waals surface area (Å²) in [5.41, 5.74) is 0.468. The van der Waals surface area contributed by atoms with Crippen molar-refractivity contribution in [2.24, 2.45) is 0 Å². The van der Waals surface area contributed by atoms with E-state index in [0.29, 0.717) is 17.4 Å². The van der Waals surface area contributed by atoms with Crippen LogP contribution in [0.5, 0.6) is 17.2 Å². The number of alkyl halides is 6. The van der Waals surface area contributed by atoms with E-state index in [4.69, 9.17) is 4.74 Å². The van der Waals surface area contributed by atoms with E-state index in [1.807, 2.05) is 0 Å². The Hall–Kier alpha value is -2.67. The molecule has 32 heavy (non-hydrogen) atoms. The molecule has 0 aliphatic heterocycles. The molecule has 0 bridgehead atoms. The summed E-state index contributed by atoms with van der Waals surface area (Å²) in [5.74, 6) is -0.784. The maximum Gasteiger partial charge on any atom is 0.422 e. The fourth-order valence-electron chi connectivity index (χ4n) is 2.51. The quantitative estimate of drug-likeness (QED) is 0.523. The summed E-state index contributed by atoms with van der Waals surface area (Å²) in [6.45, 7) is -2.06. The highest BCUT2D eigenvalue weighted by atomic mass is 32.2. The van der Waals surface area contributed by atoms with Crippen molar-refractivity contribution in [1.82, 2.24) is 4.72 Å². The third-order valence-electron chi connectivity index (χ3n) is 3.92. The van der Waals surface area contributed by atoms with Gasteiger partial charge in [0.05, 0.1) is 7.11 Å². The number of benzene rings is 2. The highest BCUT2D eigenvalue weighted by molar-refractivity contribution is 7.89. The highest BCUT2D eigenvalue weighted by Gasteiger charge is 2.32. The molecule has 0 saturated heterocycles. The van der Waals surface area contributed by atoms with Gasteiger partial charge >= 0.3 is 12.4 Å².